The molecule has 0 aliphatic carbocycles. The summed E-state index contributed by atoms with van der Waals surface area (Å²) in [6.45, 7) is 4.69. The van der Waals surface area contributed by atoms with E-state index in [1.807, 2.05) is 4.57 Å². The minimum atomic E-state index is -0.268. The first kappa shape index (κ1) is 14.3. The molecule has 3 aromatic rings. The Kier molecular flexibility index (Phi) is 3.64. The second-order valence-electron chi connectivity index (χ2n) is 5.43. The van der Waals surface area contributed by atoms with Gasteiger partial charge in [-0.25, -0.2) is 9.37 Å². The quantitative estimate of drug-likeness (QED) is 0.719. The number of halogens is 1. The monoisotopic (exact) mass is 293 g/mol. The molecule has 0 fully saturated rings. The molecule has 22 heavy (non-hydrogen) atoms. The van der Waals surface area contributed by atoms with E-state index in [-0.39, 0.29) is 5.82 Å². The fourth-order valence-electron chi connectivity index (χ4n) is 2.59. The van der Waals surface area contributed by atoms with Gasteiger partial charge in [0.15, 0.2) is 0 Å². The van der Waals surface area contributed by atoms with Crippen molar-refractivity contribution in [3.8, 4) is 17.5 Å². The van der Waals surface area contributed by atoms with E-state index in [9.17, 15) is 4.39 Å². The molecule has 0 amide bonds. The predicted molar refractivity (Wildman–Crippen MR) is 84.8 cm³/mol. The minimum absolute atomic E-state index is 0.268. The Morgan fingerprint density at radius 2 is 1.82 bits per heavy atom. The van der Waals surface area contributed by atoms with E-state index >= 15 is 0 Å². The van der Waals surface area contributed by atoms with Crippen molar-refractivity contribution in [1.82, 2.24) is 9.55 Å². The Hall–Kier alpha value is -2.67. The van der Waals surface area contributed by atoms with E-state index in [0.717, 1.165) is 22.4 Å². The van der Waals surface area contributed by atoms with Crippen LogP contribution in [0.2, 0.25) is 0 Å². The molecule has 3 rings (SSSR count). The van der Waals surface area contributed by atoms with Gasteiger partial charge in [0.25, 0.3) is 0 Å². The van der Waals surface area contributed by atoms with E-state index in [0.29, 0.717) is 13.0 Å². The first-order valence-electron chi connectivity index (χ1n) is 7.20. The fourth-order valence-corrected chi connectivity index (χ4v) is 2.59. The van der Waals surface area contributed by atoms with Crippen molar-refractivity contribution >= 4 is 11.0 Å². The second-order valence-corrected chi connectivity index (χ2v) is 5.43. The van der Waals surface area contributed by atoms with Crippen molar-refractivity contribution in [2.24, 2.45) is 0 Å². The summed E-state index contributed by atoms with van der Waals surface area (Å²) in [7, 11) is 0. The molecule has 0 atom stereocenters. The molecular formula is C18H16FN3. The Morgan fingerprint density at radius 1 is 1.14 bits per heavy atom. The number of benzene rings is 2. The van der Waals surface area contributed by atoms with Crippen LogP contribution in [0.15, 0.2) is 36.4 Å². The van der Waals surface area contributed by atoms with Gasteiger partial charge in [-0.2, -0.15) is 5.26 Å². The average Bonchev–Trinajstić information content (AvgIpc) is 2.84. The maximum atomic E-state index is 13.1. The highest BCUT2D eigenvalue weighted by atomic mass is 19.1. The first-order chi connectivity index (χ1) is 10.6. The molecule has 0 radical (unpaired) electrons. The molecule has 0 unspecified atom stereocenters. The molecule has 1 aromatic heterocycles. The standard InChI is InChI=1S/C18H16FN3/c1-12-10-16-17(11-13(12)2)22(9-3-8-20)18(21-16)14-4-6-15(19)7-5-14/h4-7,10-11H,3,9H2,1-2H3. The van der Waals surface area contributed by atoms with Gasteiger partial charge in [0.1, 0.15) is 11.6 Å². The maximum absolute atomic E-state index is 13.1. The molecule has 3 nitrogen and oxygen atoms in total. The summed E-state index contributed by atoms with van der Waals surface area (Å²) >= 11 is 0. The zero-order valence-corrected chi connectivity index (χ0v) is 12.6. The van der Waals surface area contributed by atoms with Gasteiger partial charge in [-0.3, -0.25) is 0 Å². The normalized spacial score (nSPS) is 10.8. The van der Waals surface area contributed by atoms with Crippen LogP contribution in [0.3, 0.4) is 0 Å². The third-order valence-corrected chi connectivity index (χ3v) is 3.91. The van der Waals surface area contributed by atoms with Crippen molar-refractivity contribution in [3.63, 3.8) is 0 Å². The summed E-state index contributed by atoms with van der Waals surface area (Å²) in [5.74, 6) is 0.505. The molecule has 4 heteroatoms. The largest absolute Gasteiger partial charge is 0.323 e. The van der Waals surface area contributed by atoms with Crippen LogP contribution >= 0.6 is 0 Å². The number of nitriles is 1. The number of hydrogen-bond acceptors (Lipinski definition) is 2. The van der Waals surface area contributed by atoms with Gasteiger partial charge in [0.2, 0.25) is 0 Å². The van der Waals surface area contributed by atoms with Gasteiger partial charge >= 0.3 is 0 Å². The van der Waals surface area contributed by atoms with Crippen molar-refractivity contribution in [1.29, 1.82) is 5.26 Å². The minimum Gasteiger partial charge on any atom is -0.323 e. The average molecular weight is 293 g/mol. The van der Waals surface area contributed by atoms with Crippen LogP contribution in [0.25, 0.3) is 22.4 Å². The molecule has 0 saturated heterocycles. The maximum Gasteiger partial charge on any atom is 0.141 e. The summed E-state index contributed by atoms with van der Waals surface area (Å²) in [6, 6.07) is 12.6. The summed E-state index contributed by atoms with van der Waals surface area (Å²) in [5.41, 5.74) is 5.14. The van der Waals surface area contributed by atoms with E-state index in [4.69, 9.17) is 10.2 Å². The Bertz CT molecular complexity index is 870. The van der Waals surface area contributed by atoms with E-state index in [1.54, 1.807) is 12.1 Å². The molecule has 0 saturated carbocycles. The van der Waals surface area contributed by atoms with Gasteiger partial charge in [-0.05, 0) is 61.4 Å². The number of hydrogen-bond donors (Lipinski definition) is 0. The summed E-state index contributed by atoms with van der Waals surface area (Å²) in [6.07, 6.45) is 0.409. The lowest BCUT2D eigenvalue weighted by molar-refractivity contribution is 0.628. The second kappa shape index (κ2) is 5.61. The Balaban J connectivity index is 2.23. The molecule has 0 aliphatic rings. The van der Waals surface area contributed by atoms with E-state index in [2.05, 4.69) is 32.0 Å². The molecular weight excluding hydrogens is 277 g/mol. The molecule has 0 spiro atoms. The topological polar surface area (TPSA) is 41.6 Å². The van der Waals surface area contributed by atoms with E-state index in [1.165, 1.54) is 23.3 Å². The Labute approximate surface area is 128 Å². The van der Waals surface area contributed by atoms with Crippen LogP contribution in [0.1, 0.15) is 17.5 Å². The number of imidazole rings is 1. The van der Waals surface area contributed by atoms with Crippen LogP contribution < -0.4 is 0 Å². The smallest absolute Gasteiger partial charge is 0.141 e. The summed E-state index contributed by atoms with van der Waals surface area (Å²) in [4.78, 5) is 4.70. The third-order valence-electron chi connectivity index (χ3n) is 3.91. The van der Waals surface area contributed by atoms with Crippen LogP contribution in [-0.2, 0) is 6.54 Å². The Morgan fingerprint density at radius 3 is 2.50 bits per heavy atom. The highest BCUT2D eigenvalue weighted by Crippen LogP contribution is 2.27. The highest BCUT2D eigenvalue weighted by molar-refractivity contribution is 5.82. The number of rotatable bonds is 3. The summed E-state index contributed by atoms with van der Waals surface area (Å²) < 4.78 is 15.2. The molecule has 1 heterocycles. The van der Waals surface area contributed by atoms with Crippen molar-refractivity contribution in [2.45, 2.75) is 26.8 Å². The lowest BCUT2D eigenvalue weighted by Gasteiger charge is -2.08. The number of aromatic nitrogens is 2. The SMILES string of the molecule is Cc1cc2nc(-c3ccc(F)cc3)n(CCC#N)c2cc1C. The van der Waals surface area contributed by atoms with Crippen LogP contribution in [0.5, 0.6) is 0 Å². The van der Waals surface area contributed by atoms with Crippen LogP contribution in [0.4, 0.5) is 4.39 Å². The third kappa shape index (κ3) is 2.46. The fraction of sp³-hybridized carbons (Fsp3) is 0.222. The van der Waals surface area contributed by atoms with Crippen molar-refractivity contribution in [3.05, 3.63) is 53.3 Å². The molecule has 0 aliphatic heterocycles. The van der Waals surface area contributed by atoms with E-state index < -0.39 is 0 Å². The lowest BCUT2D eigenvalue weighted by atomic mass is 10.1. The molecule has 110 valence electrons. The lowest BCUT2D eigenvalue weighted by Crippen LogP contribution is -2.00. The molecule has 2 aromatic carbocycles. The molecule has 0 N–H and O–H groups in total. The van der Waals surface area contributed by atoms with Gasteiger partial charge in [0.05, 0.1) is 23.5 Å². The number of nitrogens with zero attached hydrogens (tertiary/aromatic N) is 3. The number of fused-ring (bicyclic) bond motifs is 1. The van der Waals surface area contributed by atoms with Gasteiger partial charge < -0.3 is 4.57 Å². The number of aryl methyl sites for hydroxylation is 3. The van der Waals surface area contributed by atoms with Crippen LogP contribution in [0, 0.1) is 31.0 Å². The summed E-state index contributed by atoms with van der Waals surface area (Å²) in [5, 5.41) is 8.90. The van der Waals surface area contributed by atoms with Gasteiger partial charge in [-0.1, -0.05) is 0 Å². The van der Waals surface area contributed by atoms with Gasteiger partial charge in [-0.15, -0.1) is 0 Å². The highest BCUT2D eigenvalue weighted by Gasteiger charge is 2.13. The van der Waals surface area contributed by atoms with Crippen molar-refractivity contribution < 1.29 is 4.39 Å². The van der Waals surface area contributed by atoms with Crippen LogP contribution in [-0.4, -0.2) is 9.55 Å². The first-order valence-corrected chi connectivity index (χ1v) is 7.20. The zero-order valence-electron chi connectivity index (χ0n) is 12.6. The van der Waals surface area contributed by atoms with Crippen molar-refractivity contribution in [2.75, 3.05) is 0 Å². The van der Waals surface area contributed by atoms with Gasteiger partial charge in [0, 0.05) is 12.1 Å². The zero-order chi connectivity index (χ0) is 15.7. The molecule has 0 bridgehead atoms. The predicted octanol–water partition coefficient (Wildman–Crippen LogP) is 4.37.